The van der Waals surface area contributed by atoms with E-state index in [0.717, 1.165) is 16.9 Å². The fourth-order valence-corrected chi connectivity index (χ4v) is 1.94. The fraction of sp³-hybridized carbons (Fsp3) is 0.235. The first-order valence-electron chi connectivity index (χ1n) is 6.80. The van der Waals surface area contributed by atoms with E-state index in [2.05, 4.69) is 0 Å². The predicted octanol–water partition coefficient (Wildman–Crippen LogP) is 3.12. The van der Waals surface area contributed by atoms with Crippen LogP contribution in [0.4, 0.5) is 5.69 Å². The Balaban J connectivity index is 1.85. The number of benzene rings is 2. The SMILES string of the molecule is Cc1ccccc1OCCOC(=O)c1cccc(C)c1N. The number of para-hydroxylation sites is 2. The number of aryl methyl sites for hydroxylation is 2. The number of rotatable bonds is 5. The summed E-state index contributed by atoms with van der Waals surface area (Å²) in [6.45, 7) is 4.31. The molecule has 2 N–H and O–H groups in total. The van der Waals surface area contributed by atoms with Gasteiger partial charge in [-0.3, -0.25) is 0 Å². The highest BCUT2D eigenvalue weighted by Gasteiger charge is 2.12. The van der Waals surface area contributed by atoms with Gasteiger partial charge in [-0.2, -0.15) is 0 Å². The summed E-state index contributed by atoms with van der Waals surface area (Å²) in [5, 5.41) is 0. The summed E-state index contributed by atoms with van der Waals surface area (Å²) in [5.41, 5.74) is 8.63. The summed E-state index contributed by atoms with van der Waals surface area (Å²) < 4.78 is 10.8. The molecule has 0 heterocycles. The Morgan fingerprint density at radius 1 is 1.00 bits per heavy atom. The summed E-state index contributed by atoms with van der Waals surface area (Å²) in [6, 6.07) is 13.0. The first-order chi connectivity index (χ1) is 10.1. The minimum Gasteiger partial charge on any atom is -0.490 e. The third kappa shape index (κ3) is 3.75. The molecule has 0 aliphatic carbocycles. The molecule has 2 aromatic rings. The van der Waals surface area contributed by atoms with Gasteiger partial charge in [0.05, 0.1) is 5.56 Å². The van der Waals surface area contributed by atoms with Crippen molar-refractivity contribution in [1.82, 2.24) is 0 Å². The first-order valence-corrected chi connectivity index (χ1v) is 6.80. The number of carbonyl (C=O) groups is 1. The van der Waals surface area contributed by atoms with Crippen molar-refractivity contribution in [3.05, 3.63) is 59.2 Å². The lowest BCUT2D eigenvalue weighted by atomic mass is 10.1. The Hall–Kier alpha value is -2.49. The van der Waals surface area contributed by atoms with Gasteiger partial charge in [0.2, 0.25) is 0 Å². The van der Waals surface area contributed by atoms with E-state index in [4.69, 9.17) is 15.2 Å². The second-order valence-corrected chi connectivity index (χ2v) is 4.79. The van der Waals surface area contributed by atoms with Gasteiger partial charge in [-0.15, -0.1) is 0 Å². The average Bonchev–Trinajstić information content (AvgIpc) is 2.48. The molecule has 0 aliphatic rings. The van der Waals surface area contributed by atoms with Gasteiger partial charge < -0.3 is 15.2 Å². The van der Waals surface area contributed by atoms with Crippen molar-refractivity contribution in [2.24, 2.45) is 0 Å². The van der Waals surface area contributed by atoms with Crippen molar-refractivity contribution in [3.8, 4) is 5.75 Å². The third-order valence-electron chi connectivity index (χ3n) is 3.21. The first kappa shape index (κ1) is 14.9. The number of hydrogen-bond donors (Lipinski definition) is 1. The Bertz CT molecular complexity index is 638. The van der Waals surface area contributed by atoms with Crippen molar-refractivity contribution in [1.29, 1.82) is 0 Å². The van der Waals surface area contributed by atoms with Crippen LogP contribution in [0.25, 0.3) is 0 Å². The summed E-state index contributed by atoms with van der Waals surface area (Å²) >= 11 is 0. The van der Waals surface area contributed by atoms with Crippen LogP contribution in [0.1, 0.15) is 21.5 Å². The van der Waals surface area contributed by atoms with Crippen LogP contribution in [0, 0.1) is 13.8 Å². The molecule has 0 saturated carbocycles. The van der Waals surface area contributed by atoms with Crippen molar-refractivity contribution >= 4 is 11.7 Å². The monoisotopic (exact) mass is 285 g/mol. The van der Waals surface area contributed by atoms with Gasteiger partial charge >= 0.3 is 5.97 Å². The topological polar surface area (TPSA) is 61.5 Å². The number of ether oxygens (including phenoxy) is 2. The quantitative estimate of drug-likeness (QED) is 0.521. The van der Waals surface area contributed by atoms with Crippen LogP contribution < -0.4 is 10.5 Å². The summed E-state index contributed by atoms with van der Waals surface area (Å²) in [7, 11) is 0. The molecule has 0 fully saturated rings. The molecule has 4 nitrogen and oxygen atoms in total. The smallest absolute Gasteiger partial charge is 0.340 e. The number of nitrogen functional groups attached to an aromatic ring is 1. The molecule has 4 heteroatoms. The number of anilines is 1. The molecule has 0 spiro atoms. The summed E-state index contributed by atoms with van der Waals surface area (Å²) in [4.78, 5) is 11.9. The van der Waals surface area contributed by atoms with E-state index in [1.807, 2.05) is 44.2 Å². The molecule has 2 aromatic carbocycles. The van der Waals surface area contributed by atoms with Gasteiger partial charge in [0.1, 0.15) is 19.0 Å². The summed E-state index contributed by atoms with van der Waals surface area (Å²) in [5.74, 6) is 0.369. The lowest BCUT2D eigenvalue weighted by Crippen LogP contribution is -2.14. The van der Waals surface area contributed by atoms with E-state index in [0.29, 0.717) is 17.9 Å². The lowest BCUT2D eigenvalue weighted by molar-refractivity contribution is 0.0451. The van der Waals surface area contributed by atoms with Crippen molar-refractivity contribution in [2.75, 3.05) is 18.9 Å². The van der Waals surface area contributed by atoms with E-state index in [-0.39, 0.29) is 6.61 Å². The Morgan fingerprint density at radius 2 is 1.71 bits per heavy atom. The zero-order valence-corrected chi connectivity index (χ0v) is 12.3. The molecule has 0 atom stereocenters. The van der Waals surface area contributed by atoms with E-state index in [1.54, 1.807) is 12.1 Å². The van der Waals surface area contributed by atoms with E-state index in [1.165, 1.54) is 0 Å². The molecule has 0 aliphatic heterocycles. The van der Waals surface area contributed by atoms with Crippen molar-refractivity contribution < 1.29 is 14.3 Å². The Morgan fingerprint density at radius 3 is 2.48 bits per heavy atom. The molecule has 0 radical (unpaired) electrons. The molecule has 2 rings (SSSR count). The second-order valence-electron chi connectivity index (χ2n) is 4.79. The van der Waals surface area contributed by atoms with Crippen LogP contribution in [0.2, 0.25) is 0 Å². The third-order valence-corrected chi connectivity index (χ3v) is 3.21. The van der Waals surface area contributed by atoms with Gasteiger partial charge in [-0.05, 0) is 37.1 Å². The largest absolute Gasteiger partial charge is 0.490 e. The second kappa shape index (κ2) is 6.79. The number of nitrogens with two attached hydrogens (primary N) is 1. The molecule has 0 bridgehead atoms. The Labute approximate surface area is 124 Å². The number of esters is 1. The van der Waals surface area contributed by atoms with E-state index >= 15 is 0 Å². The minimum atomic E-state index is -0.426. The number of carbonyl (C=O) groups excluding carboxylic acids is 1. The van der Waals surface area contributed by atoms with Crippen LogP contribution in [-0.2, 0) is 4.74 Å². The predicted molar refractivity (Wildman–Crippen MR) is 82.5 cm³/mol. The lowest BCUT2D eigenvalue weighted by Gasteiger charge is -2.10. The maximum absolute atomic E-state index is 11.9. The molecule has 21 heavy (non-hydrogen) atoms. The minimum absolute atomic E-state index is 0.181. The molecule has 0 amide bonds. The molecular weight excluding hydrogens is 266 g/mol. The van der Waals surface area contributed by atoms with E-state index < -0.39 is 5.97 Å². The summed E-state index contributed by atoms with van der Waals surface area (Å²) in [6.07, 6.45) is 0. The van der Waals surface area contributed by atoms with Crippen molar-refractivity contribution in [2.45, 2.75) is 13.8 Å². The van der Waals surface area contributed by atoms with Crippen molar-refractivity contribution in [3.63, 3.8) is 0 Å². The zero-order valence-electron chi connectivity index (χ0n) is 12.3. The van der Waals surface area contributed by atoms with Crippen LogP contribution in [0.15, 0.2) is 42.5 Å². The van der Waals surface area contributed by atoms with E-state index in [9.17, 15) is 4.79 Å². The highest BCUT2D eigenvalue weighted by Crippen LogP contribution is 2.18. The number of hydrogen-bond acceptors (Lipinski definition) is 4. The fourth-order valence-electron chi connectivity index (χ4n) is 1.94. The van der Waals surface area contributed by atoms with Crippen LogP contribution in [0.3, 0.4) is 0 Å². The highest BCUT2D eigenvalue weighted by atomic mass is 16.6. The van der Waals surface area contributed by atoms with Crippen LogP contribution in [0.5, 0.6) is 5.75 Å². The van der Waals surface area contributed by atoms with Gasteiger partial charge in [-0.1, -0.05) is 30.3 Å². The van der Waals surface area contributed by atoms with Gasteiger partial charge in [0.15, 0.2) is 0 Å². The normalized spacial score (nSPS) is 10.2. The average molecular weight is 285 g/mol. The van der Waals surface area contributed by atoms with Gasteiger partial charge in [0.25, 0.3) is 0 Å². The maximum Gasteiger partial charge on any atom is 0.340 e. The molecule has 0 saturated heterocycles. The molecule has 0 unspecified atom stereocenters. The van der Waals surface area contributed by atoms with Gasteiger partial charge in [0, 0.05) is 5.69 Å². The molecule has 110 valence electrons. The maximum atomic E-state index is 11.9. The van der Waals surface area contributed by atoms with Crippen LogP contribution >= 0.6 is 0 Å². The van der Waals surface area contributed by atoms with Crippen LogP contribution in [-0.4, -0.2) is 19.2 Å². The highest BCUT2D eigenvalue weighted by molar-refractivity contribution is 5.95. The molecule has 0 aromatic heterocycles. The zero-order chi connectivity index (χ0) is 15.2. The Kier molecular flexibility index (Phi) is 4.82. The molecular formula is C17H19NO3. The standard InChI is InChI=1S/C17H19NO3/c1-12-6-3-4-9-15(12)20-10-11-21-17(19)14-8-5-7-13(2)16(14)18/h3-9H,10-11,18H2,1-2H3. The van der Waals surface area contributed by atoms with Gasteiger partial charge in [-0.25, -0.2) is 4.79 Å².